The van der Waals surface area contributed by atoms with Crippen LogP contribution in [-0.4, -0.2) is 23.2 Å². The van der Waals surface area contributed by atoms with Crippen molar-refractivity contribution < 1.29 is 9.84 Å². The molecule has 6 nitrogen and oxygen atoms in total. The summed E-state index contributed by atoms with van der Waals surface area (Å²) in [5.74, 6) is 0. The van der Waals surface area contributed by atoms with Crippen LogP contribution in [0, 0.1) is 5.21 Å². The predicted octanol–water partition coefficient (Wildman–Crippen LogP) is -0.145. The summed E-state index contributed by atoms with van der Waals surface area (Å²) < 4.78 is 0.634. The van der Waals surface area contributed by atoms with E-state index in [1.165, 1.54) is 0 Å². The number of aliphatic hydroxyl groups excluding tert-OH is 1. The third kappa shape index (κ3) is 1.70. The maximum atomic E-state index is 11.5. The van der Waals surface area contributed by atoms with Gasteiger partial charge in [0.05, 0.1) is 17.7 Å². The van der Waals surface area contributed by atoms with Gasteiger partial charge in [-0.2, -0.15) is 0 Å². The van der Waals surface area contributed by atoms with Gasteiger partial charge in [-0.15, -0.1) is 0 Å². The number of hydrogen-bond acceptors (Lipinski definition) is 5. The monoisotopic (exact) mass is 220 g/mol. The van der Waals surface area contributed by atoms with Crippen LogP contribution in [0.2, 0.25) is 0 Å². The molecule has 2 rings (SSSR count). The molecule has 1 aromatic heterocycles. The lowest BCUT2D eigenvalue weighted by Crippen LogP contribution is -2.28. The summed E-state index contributed by atoms with van der Waals surface area (Å²) in [7, 11) is 0. The molecular weight excluding hydrogens is 208 g/mol. The normalized spacial score (nSPS) is 10.6. The molecule has 1 aromatic carbocycles. The van der Waals surface area contributed by atoms with Gasteiger partial charge in [-0.25, -0.2) is 4.73 Å². The van der Waals surface area contributed by atoms with Gasteiger partial charge in [-0.05, 0) is 12.1 Å². The Bertz CT molecular complexity index is 507. The highest BCUT2D eigenvalue weighted by Crippen LogP contribution is 2.24. The van der Waals surface area contributed by atoms with Crippen molar-refractivity contribution in [3.8, 4) is 0 Å². The Morgan fingerprint density at radius 3 is 3.06 bits per heavy atom. The molecule has 0 aliphatic heterocycles. The van der Waals surface area contributed by atoms with E-state index in [1.807, 2.05) is 0 Å². The molecule has 1 heterocycles. The Morgan fingerprint density at radius 2 is 2.31 bits per heavy atom. The fourth-order valence-electron chi connectivity index (χ4n) is 1.57. The van der Waals surface area contributed by atoms with Crippen molar-refractivity contribution in [1.82, 2.24) is 4.98 Å². The summed E-state index contributed by atoms with van der Waals surface area (Å²) in [5, 5.41) is 23.9. The van der Waals surface area contributed by atoms with Crippen LogP contribution >= 0.6 is 0 Å². The van der Waals surface area contributed by atoms with Crippen molar-refractivity contribution in [1.29, 1.82) is 0 Å². The molecule has 0 bridgehead atoms. The molecule has 4 N–H and O–H groups in total. The maximum Gasteiger partial charge on any atom is 0.289 e. The summed E-state index contributed by atoms with van der Waals surface area (Å²) in [6, 6.07) is 3.41. The van der Waals surface area contributed by atoms with Crippen LogP contribution in [0.3, 0.4) is 0 Å². The fraction of sp³-hybridized carbons (Fsp3) is 0.200. The van der Waals surface area contributed by atoms with E-state index >= 15 is 0 Å². The number of anilines is 2. The van der Waals surface area contributed by atoms with Gasteiger partial charge in [-0.1, -0.05) is 4.98 Å². The first-order valence-corrected chi connectivity index (χ1v) is 4.84. The zero-order chi connectivity index (χ0) is 11.5. The van der Waals surface area contributed by atoms with E-state index in [-0.39, 0.29) is 6.61 Å². The van der Waals surface area contributed by atoms with Crippen LogP contribution in [0.15, 0.2) is 24.7 Å². The second-order valence-electron chi connectivity index (χ2n) is 3.33. The molecule has 0 amide bonds. The SMILES string of the molecule is Nc1ccc(NCCO)c2cnc[n+]([O-])c12. The fourth-order valence-corrected chi connectivity index (χ4v) is 1.57. The molecule has 0 fully saturated rings. The minimum absolute atomic E-state index is 0.0174. The number of aliphatic hydroxyl groups is 1. The van der Waals surface area contributed by atoms with Gasteiger partial charge in [0, 0.05) is 12.2 Å². The number of rotatable bonds is 3. The smallest absolute Gasteiger partial charge is 0.289 e. The molecule has 2 aromatic rings. The van der Waals surface area contributed by atoms with Gasteiger partial charge in [0.2, 0.25) is 0 Å². The zero-order valence-electron chi connectivity index (χ0n) is 8.55. The van der Waals surface area contributed by atoms with Crippen molar-refractivity contribution in [2.75, 3.05) is 24.2 Å². The first-order chi connectivity index (χ1) is 7.74. The number of hydrogen-bond donors (Lipinski definition) is 3. The minimum atomic E-state index is 0.0174. The summed E-state index contributed by atoms with van der Waals surface area (Å²) in [5.41, 5.74) is 7.25. The van der Waals surface area contributed by atoms with E-state index in [4.69, 9.17) is 10.8 Å². The van der Waals surface area contributed by atoms with Crippen molar-refractivity contribution in [3.63, 3.8) is 0 Å². The average molecular weight is 220 g/mol. The molecule has 0 atom stereocenters. The van der Waals surface area contributed by atoms with E-state index in [0.717, 1.165) is 12.0 Å². The number of nitrogens with zero attached hydrogens (tertiary/aromatic N) is 2. The Hall–Kier alpha value is -2.08. The Balaban J connectivity index is 2.60. The average Bonchev–Trinajstić information content (AvgIpc) is 2.28. The lowest BCUT2D eigenvalue weighted by Gasteiger charge is -2.11. The summed E-state index contributed by atoms with van der Waals surface area (Å²) >= 11 is 0. The van der Waals surface area contributed by atoms with Gasteiger partial charge in [0.15, 0.2) is 11.7 Å². The number of nitrogens with two attached hydrogens (primary N) is 1. The van der Waals surface area contributed by atoms with Crippen LogP contribution < -0.4 is 15.8 Å². The second-order valence-corrected chi connectivity index (χ2v) is 3.33. The van der Waals surface area contributed by atoms with Crippen molar-refractivity contribution in [3.05, 3.63) is 29.9 Å². The van der Waals surface area contributed by atoms with Crippen molar-refractivity contribution in [2.45, 2.75) is 0 Å². The number of benzene rings is 1. The van der Waals surface area contributed by atoms with Gasteiger partial charge in [0.25, 0.3) is 6.33 Å². The summed E-state index contributed by atoms with van der Waals surface area (Å²) in [6.45, 7) is 0.427. The maximum absolute atomic E-state index is 11.5. The molecule has 0 radical (unpaired) electrons. The Kier molecular flexibility index (Phi) is 2.74. The molecule has 16 heavy (non-hydrogen) atoms. The Labute approximate surface area is 91.9 Å². The molecule has 0 saturated heterocycles. The molecule has 6 heteroatoms. The highest BCUT2D eigenvalue weighted by Gasteiger charge is 2.10. The van der Waals surface area contributed by atoms with Crippen molar-refractivity contribution >= 4 is 22.3 Å². The van der Waals surface area contributed by atoms with E-state index in [9.17, 15) is 5.21 Å². The van der Waals surface area contributed by atoms with Crippen LogP contribution in [-0.2, 0) is 0 Å². The predicted molar refractivity (Wildman–Crippen MR) is 60.7 cm³/mol. The molecule has 0 saturated carbocycles. The molecule has 0 unspecified atom stereocenters. The summed E-state index contributed by atoms with van der Waals surface area (Å²) in [4.78, 5) is 3.81. The van der Waals surface area contributed by atoms with Crippen LogP contribution in [0.1, 0.15) is 0 Å². The van der Waals surface area contributed by atoms with Crippen molar-refractivity contribution in [2.24, 2.45) is 0 Å². The standard InChI is InChI=1S/C10H12N4O2/c11-8-1-2-9(13-3-4-15)7-5-12-6-14(16)10(7)8/h1-2,5-6,13,15H,3-4,11H2. The molecule has 0 aliphatic carbocycles. The Morgan fingerprint density at radius 1 is 1.50 bits per heavy atom. The van der Waals surface area contributed by atoms with E-state index < -0.39 is 0 Å². The van der Waals surface area contributed by atoms with Crippen LogP contribution in [0.5, 0.6) is 0 Å². The minimum Gasteiger partial charge on any atom is -0.710 e. The molecular formula is C10H12N4O2. The number of nitrogen functional groups attached to an aromatic ring is 1. The van der Waals surface area contributed by atoms with E-state index in [0.29, 0.717) is 27.9 Å². The van der Waals surface area contributed by atoms with Gasteiger partial charge in [-0.3, -0.25) is 0 Å². The number of fused-ring (bicyclic) bond motifs is 1. The van der Waals surface area contributed by atoms with Gasteiger partial charge in [0.1, 0.15) is 0 Å². The second kappa shape index (κ2) is 4.19. The summed E-state index contributed by atoms with van der Waals surface area (Å²) in [6.07, 6.45) is 2.73. The van der Waals surface area contributed by atoms with Crippen LogP contribution in [0.25, 0.3) is 10.9 Å². The largest absolute Gasteiger partial charge is 0.710 e. The lowest BCUT2D eigenvalue weighted by molar-refractivity contribution is -0.579. The number of nitrogens with one attached hydrogen (secondary N) is 1. The van der Waals surface area contributed by atoms with Gasteiger partial charge < -0.3 is 21.4 Å². The third-order valence-electron chi connectivity index (χ3n) is 2.27. The van der Waals surface area contributed by atoms with E-state index in [2.05, 4.69) is 10.3 Å². The zero-order valence-corrected chi connectivity index (χ0v) is 8.55. The highest BCUT2D eigenvalue weighted by molar-refractivity contribution is 5.95. The molecule has 0 spiro atoms. The number of aromatic nitrogens is 2. The first kappa shape index (κ1) is 10.4. The topological polar surface area (TPSA) is 98.1 Å². The molecule has 84 valence electrons. The molecule has 0 aliphatic rings. The van der Waals surface area contributed by atoms with E-state index in [1.54, 1.807) is 18.3 Å². The third-order valence-corrected chi connectivity index (χ3v) is 2.27. The quantitative estimate of drug-likeness (QED) is 0.380. The lowest BCUT2D eigenvalue weighted by atomic mass is 10.2. The van der Waals surface area contributed by atoms with Crippen LogP contribution in [0.4, 0.5) is 11.4 Å². The van der Waals surface area contributed by atoms with Gasteiger partial charge >= 0.3 is 0 Å². The first-order valence-electron chi connectivity index (χ1n) is 4.84. The highest BCUT2D eigenvalue weighted by atomic mass is 16.5.